The molecule has 0 saturated carbocycles. The first-order chi connectivity index (χ1) is 7.94. The SMILES string of the molecule is CC(C)(C)NCCc1nc2cc(Cl)ccc2s1. The van der Waals surface area contributed by atoms with Gasteiger partial charge in [0.15, 0.2) is 0 Å². The molecule has 0 atom stereocenters. The van der Waals surface area contributed by atoms with E-state index in [-0.39, 0.29) is 5.54 Å². The largest absolute Gasteiger partial charge is 0.312 e. The molecule has 4 heteroatoms. The van der Waals surface area contributed by atoms with Gasteiger partial charge in [-0.15, -0.1) is 11.3 Å². The van der Waals surface area contributed by atoms with E-state index in [0.29, 0.717) is 0 Å². The number of benzene rings is 1. The molecular formula is C13H17ClN2S. The Bertz CT molecular complexity index is 514. The predicted octanol–water partition coefficient (Wildman–Crippen LogP) is 3.88. The maximum Gasteiger partial charge on any atom is 0.0951 e. The molecule has 0 aliphatic heterocycles. The molecule has 17 heavy (non-hydrogen) atoms. The van der Waals surface area contributed by atoms with Crippen LogP contribution < -0.4 is 5.32 Å². The lowest BCUT2D eigenvalue weighted by Gasteiger charge is -2.19. The molecule has 0 aliphatic carbocycles. The van der Waals surface area contributed by atoms with E-state index in [1.165, 1.54) is 9.71 Å². The fourth-order valence-corrected chi connectivity index (χ4v) is 2.71. The lowest BCUT2D eigenvalue weighted by molar-refractivity contribution is 0.429. The first-order valence-electron chi connectivity index (χ1n) is 5.74. The summed E-state index contributed by atoms with van der Waals surface area (Å²) in [5, 5.41) is 5.38. The lowest BCUT2D eigenvalue weighted by Crippen LogP contribution is -2.37. The molecule has 92 valence electrons. The van der Waals surface area contributed by atoms with Gasteiger partial charge in [0, 0.05) is 23.5 Å². The monoisotopic (exact) mass is 268 g/mol. The van der Waals surface area contributed by atoms with E-state index in [1.54, 1.807) is 11.3 Å². The summed E-state index contributed by atoms with van der Waals surface area (Å²) >= 11 is 7.69. The zero-order valence-corrected chi connectivity index (χ0v) is 12.0. The molecule has 0 bridgehead atoms. The molecule has 2 aromatic rings. The second-order valence-electron chi connectivity index (χ2n) is 5.15. The van der Waals surface area contributed by atoms with Crippen molar-refractivity contribution >= 4 is 33.2 Å². The second-order valence-corrected chi connectivity index (χ2v) is 6.70. The van der Waals surface area contributed by atoms with Crippen molar-refractivity contribution in [1.82, 2.24) is 10.3 Å². The number of thiazole rings is 1. The van der Waals surface area contributed by atoms with Crippen molar-refractivity contribution in [2.24, 2.45) is 0 Å². The van der Waals surface area contributed by atoms with Gasteiger partial charge in [-0.2, -0.15) is 0 Å². The maximum atomic E-state index is 5.94. The van der Waals surface area contributed by atoms with Crippen LogP contribution in [-0.2, 0) is 6.42 Å². The summed E-state index contributed by atoms with van der Waals surface area (Å²) in [4.78, 5) is 4.59. The summed E-state index contributed by atoms with van der Waals surface area (Å²) < 4.78 is 1.21. The zero-order chi connectivity index (χ0) is 12.5. The van der Waals surface area contributed by atoms with Crippen LogP contribution in [0.1, 0.15) is 25.8 Å². The molecule has 0 radical (unpaired) electrons. The highest BCUT2D eigenvalue weighted by molar-refractivity contribution is 7.18. The Morgan fingerprint density at radius 2 is 2.12 bits per heavy atom. The van der Waals surface area contributed by atoms with E-state index in [9.17, 15) is 0 Å². The molecule has 2 nitrogen and oxygen atoms in total. The first kappa shape index (κ1) is 12.8. The Labute approximate surface area is 111 Å². The van der Waals surface area contributed by atoms with Gasteiger partial charge in [0.05, 0.1) is 15.2 Å². The van der Waals surface area contributed by atoms with Gasteiger partial charge < -0.3 is 5.32 Å². The maximum absolute atomic E-state index is 5.94. The summed E-state index contributed by atoms with van der Waals surface area (Å²) in [6.45, 7) is 7.47. The average Bonchev–Trinajstić information content (AvgIpc) is 2.57. The number of rotatable bonds is 3. The highest BCUT2D eigenvalue weighted by atomic mass is 35.5. The Balaban J connectivity index is 2.05. The van der Waals surface area contributed by atoms with Crippen LogP contribution in [0.3, 0.4) is 0 Å². The number of halogens is 1. The van der Waals surface area contributed by atoms with Crippen molar-refractivity contribution in [3.63, 3.8) is 0 Å². The summed E-state index contributed by atoms with van der Waals surface area (Å²) in [5.74, 6) is 0. The van der Waals surface area contributed by atoms with Crippen LogP contribution in [-0.4, -0.2) is 17.1 Å². The van der Waals surface area contributed by atoms with Crippen LogP contribution in [0.2, 0.25) is 5.02 Å². The normalized spacial score (nSPS) is 12.2. The number of hydrogen-bond acceptors (Lipinski definition) is 3. The van der Waals surface area contributed by atoms with Gasteiger partial charge in [0.2, 0.25) is 0 Å². The van der Waals surface area contributed by atoms with Gasteiger partial charge in [0.25, 0.3) is 0 Å². The summed E-state index contributed by atoms with van der Waals surface area (Å²) in [6, 6.07) is 5.88. The number of aromatic nitrogens is 1. The third-order valence-corrected chi connectivity index (χ3v) is 3.72. The standard InChI is InChI=1S/C13H17ClN2S/c1-13(2,3)15-7-6-12-16-10-8-9(14)4-5-11(10)17-12/h4-5,8,15H,6-7H2,1-3H3. The van der Waals surface area contributed by atoms with E-state index in [1.807, 2.05) is 18.2 Å². The number of fused-ring (bicyclic) bond motifs is 1. The highest BCUT2D eigenvalue weighted by Crippen LogP contribution is 2.25. The van der Waals surface area contributed by atoms with Crippen LogP contribution in [0.15, 0.2) is 18.2 Å². The van der Waals surface area contributed by atoms with E-state index in [4.69, 9.17) is 11.6 Å². The highest BCUT2D eigenvalue weighted by Gasteiger charge is 2.09. The molecule has 1 aromatic carbocycles. The van der Waals surface area contributed by atoms with Crippen molar-refractivity contribution in [2.45, 2.75) is 32.7 Å². The minimum atomic E-state index is 0.167. The van der Waals surface area contributed by atoms with E-state index < -0.39 is 0 Å². The molecule has 0 amide bonds. The van der Waals surface area contributed by atoms with Crippen molar-refractivity contribution < 1.29 is 0 Å². The molecule has 0 unspecified atom stereocenters. The van der Waals surface area contributed by atoms with E-state index in [2.05, 4.69) is 31.1 Å². The van der Waals surface area contributed by atoms with Crippen LogP contribution in [0.4, 0.5) is 0 Å². The predicted molar refractivity (Wildman–Crippen MR) is 76.1 cm³/mol. The van der Waals surface area contributed by atoms with Crippen molar-refractivity contribution in [3.05, 3.63) is 28.2 Å². The van der Waals surface area contributed by atoms with Gasteiger partial charge in [0.1, 0.15) is 0 Å². The Morgan fingerprint density at radius 3 is 2.82 bits per heavy atom. The molecule has 1 N–H and O–H groups in total. The fourth-order valence-electron chi connectivity index (χ4n) is 1.60. The molecule has 2 rings (SSSR count). The second kappa shape index (κ2) is 4.92. The smallest absolute Gasteiger partial charge is 0.0951 e. The minimum absolute atomic E-state index is 0.167. The number of hydrogen-bond donors (Lipinski definition) is 1. The van der Waals surface area contributed by atoms with Gasteiger partial charge in [-0.1, -0.05) is 11.6 Å². The van der Waals surface area contributed by atoms with E-state index in [0.717, 1.165) is 23.5 Å². The summed E-state index contributed by atoms with van der Waals surface area (Å²) in [7, 11) is 0. The number of nitrogens with zero attached hydrogens (tertiary/aromatic N) is 1. The lowest BCUT2D eigenvalue weighted by atomic mass is 10.1. The molecule has 0 fully saturated rings. The van der Waals surface area contributed by atoms with Crippen LogP contribution >= 0.6 is 22.9 Å². The zero-order valence-electron chi connectivity index (χ0n) is 10.4. The average molecular weight is 269 g/mol. The summed E-state index contributed by atoms with van der Waals surface area (Å²) in [5.41, 5.74) is 1.17. The van der Waals surface area contributed by atoms with Crippen LogP contribution in [0, 0.1) is 0 Å². The minimum Gasteiger partial charge on any atom is -0.312 e. The van der Waals surface area contributed by atoms with Crippen molar-refractivity contribution in [1.29, 1.82) is 0 Å². The Kier molecular flexibility index (Phi) is 3.71. The van der Waals surface area contributed by atoms with Gasteiger partial charge in [-0.05, 0) is 39.0 Å². The third kappa shape index (κ3) is 3.66. The van der Waals surface area contributed by atoms with Crippen molar-refractivity contribution in [2.75, 3.05) is 6.54 Å². The Morgan fingerprint density at radius 1 is 1.35 bits per heavy atom. The topological polar surface area (TPSA) is 24.9 Å². The molecular weight excluding hydrogens is 252 g/mol. The quantitative estimate of drug-likeness (QED) is 0.914. The molecule has 0 saturated heterocycles. The van der Waals surface area contributed by atoms with E-state index >= 15 is 0 Å². The van der Waals surface area contributed by atoms with Crippen LogP contribution in [0.25, 0.3) is 10.2 Å². The van der Waals surface area contributed by atoms with Gasteiger partial charge in [-0.25, -0.2) is 4.98 Å². The molecule has 0 aliphatic rings. The fraction of sp³-hybridized carbons (Fsp3) is 0.462. The van der Waals surface area contributed by atoms with Gasteiger partial charge in [-0.3, -0.25) is 0 Å². The molecule has 1 heterocycles. The Hall–Kier alpha value is -0.640. The summed E-state index contributed by atoms with van der Waals surface area (Å²) in [6.07, 6.45) is 0.967. The van der Waals surface area contributed by atoms with Crippen LogP contribution in [0.5, 0.6) is 0 Å². The van der Waals surface area contributed by atoms with Gasteiger partial charge >= 0.3 is 0 Å². The van der Waals surface area contributed by atoms with Crippen molar-refractivity contribution in [3.8, 4) is 0 Å². The number of nitrogens with one attached hydrogen (secondary N) is 1. The molecule has 0 spiro atoms. The first-order valence-corrected chi connectivity index (χ1v) is 6.93. The third-order valence-electron chi connectivity index (χ3n) is 2.39. The molecule has 1 aromatic heterocycles.